The second kappa shape index (κ2) is 14.5. The molecule has 1 aliphatic carbocycles. The lowest BCUT2D eigenvalue weighted by Crippen LogP contribution is -2.54. The maximum atomic E-state index is 14.1. The summed E-state index contributed by atoms with van der Waals surface area (Å²) < 4.78 is 20.4. The maximum Gasteiger partial charge on any atom is 0.289 e. The maximum absolute atomic E-state index is 14.1. The standard InChI is InChI=1S/C36H40ClFN4O3/c37-29-16-12-27(13-17-29)25-42-32-8-3-4-9-33(32)45-34(36(42)44)24-26-10-14-28(15-11-26)35(43)39-18-5-19-40-20-22-41(23-21-40)31-7-2-1-6-30(31)38/h1-2,6-7,10-17,24,32-33H,3-5,8-9,18-23,25H2,(H,39,43)/b34-24-. The van der Waals surface area contributed by atoms with E-state index in [0.717, 1.165) is 76.0 Å². The number of nitrogens with one attached hydrogen (secondary N) is 1. The van der Waals surface area contributed by atoms with Gasteiger partial charge in [0.2, 0.25) is 0 Å². The number of ether oxygens (including phenoxy) is 1. The largest absolute Gasteiger partial charge is 0.482 e. The van der Waals surface area contributed by atoms with E-state index >= 15 is 0 Å². The van der Waals surface area contributed by atoms with Crippen molar-refractivity contribution in [2.45, 2.75) is 50.8 Å². The molecule has 2 heterocycles. The molecule has 2 atom stereocenters. The number of carbonyl (C=O) groups is 2. The van der Waals surface area contributed by atoms with Gasteiger partial charge in [-0.05, 0) is 85.8 Å². The first kappa shape index (κ1) is 31.1. The summed E-state index contributed by atoms with van der Waals surface area (Å²) in [6.07, 6.45) is 6.65. The molecule has 236 valence electrons. The van der Waals surface area contributed by atoms with Crippen LogP contribution in [0.2, 0.25) is 5.02 Å². The number of rotatable bonds is 9. The Morgan fingerprint density at radius 3 is 2.44 bits per heavy atom. The highest BCUT2D eigenvalue weighted by molar-refractivity contribution is 6.30. The number of amides is 2. The van der Waals surface area contributed by atoms with Crippen LogP contribution in [0.25, 0.3) is 6.08 Å². The molecule has 0 spiro atoms. The van der Waals surface area contributed by atoms with Crippen LogP contribution in [0.1, 0.15) is 53.6 Å². The number of para-hydroxylation sites is 1. The summed E-state index contributed by atoms with van der Waals surface area (Å²) in [5.41, 5.74) is 3.09. The third-order valence-corrected chi connectivity index (χ3v) is 9.31. The Labute approximate surface area is 269 Å². The van der Waals surface area contributed by atoms with Gasteiger partial charge in [-0.15, -0.1) is 0 Å². The summed E-state index contributed by atoms with van der Waals surface area (Å²) in [6.45, 7) is 5.27. The second-order valence-corrected chi connectivity index (χ2v) is 12.5. The normalized spacial score (nSPS) is 21.4. The molecule has 0 bridgehead atoms. The Hall–Kier alpha value is -3.88. The Balaban J connectivity index is 0.994. The Morgan fingerprint density at radius 2 is 1.69 bits per heavy atom. The number of anilines is 1. The highest BCUT2D eigenvalue weighted by Crippen LogP contribution is 2.34. The van der Waals surface area contributed by atoms with Crippen molar-refractivity contribution >= 4 is 35.2 Å². The predicted molar refractivity (Wildman–Crippen MR) is 176 cm³/mol. The summed E-state index contributed by atoms with van der Waals surface area (Å²) >= 11 is 6.08. The van der Waals surface area contributed by atoms with Gasteiger partial charge in [0, 0.05) is 49.9 Å². The van der Waals surface area contributed by atoms with Crippen molar-refractivity contribution in [1.82, 2.24) is 15.1 Å². The van der Waals surface area contributed by atoms with E-state index in [1.807, 2.05) is 53.4 Å². The molecule has 45 heavy (non-hydrogen) atoms. The molecule has 3 aromatic carbocycles. The van der Waals surface area contributed by atoms with Crippen LogP contribution >= 0.6 is 11.6 Å². The molecule has 7 nitrogen and oxygen atoms in total. The van der Waals surface area contributed by atoms with Gasteiger partial charge in [0.1, 0.15) is 11.9 Å². The van der Waals surface area contributed by atoms with Crippen molar-refractivity contribution in [1.29, 1.82) is 0 Å². The summed E-state index contributed by atoms with van der Waals surface area (Å²) in [7, 11) is 0. The zero-order valence-corrected chi connectivity index (χ0v) is 26.2. The third kappa shape index (κ3) is 7.68. The topological polar surface area (TPSA) is 65.1 Å². The average molecular weight is 631 g/mol. The lowest BCUT2D eigenvalue weighted by molar-refractivity contribution is -0.149. The van der Waals surface area contributed by atoms with Crippen molar-refractivity contribution in [2.75, 3.05) is 44.2 Å². The minimum absolute atomic E-state index is 0.0178. The van der Waals surface area contributed by atoms with Crippen LogP contribution in [0, 0.1) is 5.82 Å². The number of hydrogen-bond acceptors (Lipinski definition) is 5. The molecule has 9 heteroatoms. The average Bonchev–Trinajstić information content (AvgIpc) is 3.07. The fraction of sp³-hybridized carbons (Fsp3) is 0.389. The van der Waals surface area contributed by atoms with Crippen LogP contribution in [0.4, 0.5) is 10.1 Å². The zero-order valence-electron chi connectivity index (χ0n) is 25.5. The van der Waals surface area contributed by atoms with Crippen molar-refractivity contribution < 1.29 is 18.7 Å². The van der Waals surface area contributed by atoms with E-state index < -0.39 is 0 Å². The van der Waals surface area contributed by atoms with E-state index in [2.05, 4.69) is 15.1 Å². The second-order valence-electron chi connectivity index (χ2n) is 12.1. The molecule has 3 fully saturated rings. The number of fused-ring (bicyclic) bond motifs is 1. The smallest absolute Gasteiger partial charge is 0.289 e. The van der Waals surface area contributed by atoms with Gasteiger partial charge in [0.25, 0.3) is 11.8 Å². The van der Waals surface area contributed by atoms with Gasteiger partial charge >= 0.3 is 0 Å². The van der Waals surface area contributed by atoms with Gasteiger partial charge in [-0.2, -0.15) is 0 Å². The monoisotopic (exact) mass is 630 g/mol. The van der Waals surface area contributed by atoms with Gasteiger partial charge in [0.05, 0.1) is 11.7 Å². The molecule has 2 aliphatic heterocycles. The fourth-order valence-electron chi connectivity index (χ4n) is 6.56. The molecule has 2 saturated heterocycles. The summed E-state index contributed by atoms with van der Waals surface area (Å²) in [5, 5.41) is 3.69. The van der Waals surface area contributed by atoms with Gasteiger partial charge in [-0.1, -0.05) is 54.4 Å². The van der Waals surface area contributed by atoms with E-state index in [9.17, 15) is 14.0 Å². The number of morpholine rings is 1. The minimum atomic E-state index is -0.177. The molecule has 3 aromatic rings. The summed E-state index contributed by atoms with van der Waals surface area (Å²) in [4.78, 5) is 32.8. The Kier molecular flexibility index (Phi) is 10.0. The van der Waals surface area contributed by atoms with Crippen molar-refractivity contribution in [3.8, 4) is 0 Å². The van der Waals surface area contributed by atoms with E-state index in [4.69, 9.17) is 16.3 Å². The van der Waals surface area contributed by atoms with E-state index in [-0.39, 0.29) is 29.8 Å². The van der Waals surface area contributed by atoms with Crippen molar-refractivity contribution in [3.63, 3.8) is 0 Å². The quantitative estimate of drug-likeness (QED) is 0.228. The van der Waals surface area contributed by atoms with Crippen LogP contribution in [0.3, 0.4) is 0 Å². The van der Waals surface area contributed by atoms with Crippen LogP contribution in [0.5, 0.6) is 0 Å². The molecule has 1 saturated carbocycles. The first-order chi connectivity index (χ1) is 21.9. The van der Waals surface area contributed by atoms with E-state index in [0.29, 0.717) is 35.1 Å². The Morgan fingerprint density at radius 1 is 0.956 bits per heavy atom. The molecule has 2 unspecified atom stereocenters. The molecular formula is C36H40ClFN4O3. The molecular weight excluding hydrogens is 591 g/mol. The highest BCUT2D eigenvalue weighted by Gasteiger charge is 2.41. The summed E-state index contributed by atoms with van der Waals surface area (Å²) in [6, 6.07) is 21.9. The highest BCUT2D eigenvalue weighted by atomic mass is 35.5. The van der Waals surface area contributed by atoms with Crippen LogP contribution < -0.4 is 10.2 Å². The third-order valence-electron chi connectivity index (χ3n) is 9.06. The van der Waals surface area contributed by atoms with Crippen LogP contribution in [0.15, 0.2) is 78.6 Å². The first-order valence-corrected chi connectivity index (χ1v) is 16.4. The fourth-order valence-corrected chi connectivity index (χ4v) is 6.68. The van der Waals surface area contributed by atoms with E-state index in [1.54, 1.807) is 24.3 Å². The summed E-state index contributed by atoms with van der Waals surface area (Å²) in [5.74, 6) is -0.0611. The van der Waals surface area contributed by atoms with Crippen molar-refractivity contribution in [2.24, 2.45) is 0 Å². The van der Waals surface area contributed by atoms with Gasteiger partial charge in [-0.3, -0.25) is 14.5 Å². The molecule has 1 N–H and O–H groups in total. The number of nitrogens with zero attached hydrogens (tertiary/aromatic N) is 3. The van der Waals surface area contributed by atoms with E-state index in [1.165, 1.54) is 6.07 Å². The number of hydrogen-bond donors (Lipinski definition) is 1. The number of benzene rings is 3. The molecule has 0 aromatic heterocycles. The number of halogens is 2. The minimum Gasteiger partial charge on any atom is -0.482 e. The van der Waals surface area contributed by atoms with Gasteiger partial charge in [-0.25, -0.2) is 4.39 Å². The number of piperazine rings is 1. The lowest BCUT2D eigenvalue weighted by atomic mass is 9.89. The SMILES string of the molecule is O=C(NCCCN1CCN(c2ccccc2F)CC1)c1ccc(/C=C2\OC3CCCCC3N(Cc3ccc(Cl)cc3)C2=O)cc1. The molecule has 6 rings (SSSR count). The van der Waals surface area contributed by atoms with Gasteiger partial charge < -0.3 is 19.9 Å². The number of carbonyl (C=O) groups excluding carboxylic acids is 2. The predicted octanol–water partition coefficient (Wildman–Crippen LogP) is 6.13. The Bertz CT molecular complexity index is 1510. The van der Waals surface area contributed by atoms with Crippen LogP contribution in [-0.2, 0) is 16.1 Å². The molecule has 2 amide bonds. The van der Waals surface area contributed by atoms with Crippen LogP contribution in [-0.4, -0.2) is 73.0 Å². The first-order valence-electron chi connectivity index (χ1n) is 16.0. The molecule has 0 radical (unpaired) electrons. The lowest BCUT2D eigenvalue weighted by Gasteiger charge is -2.44. The van der Waals surface area contributed by atoms with Gasteiger partial charge in [0.15, 0.2) is 5.76 Å². The molecule has 3 aliphatic rings. The van der Waals surface area contributed by atoms with Crippen molar-refractivity contribution in [3.05, 3.63) is 106 Å². The zero-order chi connectivity index (χ0) is 31.2.